The zero-order chi connectivity index (χ0) is 61.7. The number of furan rings is 1. The molecule has 3 heterocycles. The lowest BCUT2D eigenvalue weighted by molar-refractivity contribution is 0.668. The minimum Gasteiger partial charge on any atom is -0.456 e. The van der Waals surface area contributed by atoms with E-state index >= 15 is 0 Å². The molecular formula is C49H30N4O. The van der Waals surface area contributed by atoms with Crippen LogP contribution in [0.1, 0.15) is 41.1 Å². The van der Waals surface area contributed by atoms with Crippen molar-refractivity contribution in [2.45, 2.75) is 0 Å². The van der Waals surface area contributed by atoms with E-state index in [-0.39, 0.29) is 0 Å². The van der Waals surface area contributed by atoms with E-state index in [0.29, 0.717) is 0 Å². The molecule has 0 radical (unpaired) electrons. The van der Waals surface area contributed by atoms with Crippen LogP contribution in [0.25, 0.3) is 105 Å². The monoisotopic (exact) mass is 720 g/mol. The highest BCUT2D eigenvalue weighted by Gasteiger charge is 2.22. The third-order valence-corrected chi connectivity index (χ3v) is 8.25. The van der Waals surface area contributed by atoms with Crippen LogP contribution in [0.2, 0.25) is 0 Å². The van der Waals surface area contributed by atoms with Crippen molar-refractivity contribution < 1.29 is 45.5 Å². The molecule has 54 heavy (non-hydrogen) atoms. The molecular weight excluding hydrogens is 661 g/mol. The van der Waals surface area contributed by atoms with Gasteiger partial charge in [-0.3, -0.25) is 0 Å². The second kappa shape index (κ2) is 12.1. The summed E-state index contributed by atoms with van der Waals surface area (Å²) in [5.74, 6) is -2.87. The van der Waals surface area contributed by atoms with Gasteiger partial charge < -0.3 is 8.98 Å². The first-order chi connectivity index (χ1) is 39.3. The maximum Gasteiger partial charge on any atom is 0.164 e. The molecule has 5 nitrogen and oxygen atoms in total. The summed E-state index contributed by atoms with van der Waals surface area (Å²) in [5.41, 5.74) is -7.78. The fraction of sp³-hybridized carbons (Fsp3) is 0. The Morgan fingerprint density at radius 2 is 0.963 bits per heavy atom. The number of rotatable bonds is 5. The predicted octanol–water partition coefficient (Wildman–Crippen LogP) is 12.7. The standard InChI is InChI=1S/C49H30N4O/c1-3-13-31(14-4-1)32-23-25-34(26-24-32)48-50-47(33-15-5-2-6-16-33)51-49(52-48)41-29-37(30-45-46(41)39-20-10-12-22-44(39)54-45)53-42-21-11-9-19-38(42)40-27-35-17-7-8-18-36(35)28-43(40)53/h1-30H/i1D,2D,3D,4D,5D,6D,7D,8D,9D,10D,11D,12D,13D,14D,15D,16D,17D,18D,19D,20D,21D,22D,23D,24D,25D,26D,27D,28D,29D,30D. The first-order valence-corrected chi connectivity index (χ1v) is 15.7. The van der Waals surface area contributed by atoms with E-state index in [0.717, 1.165) is 4.57 Å². The van der Waals surface area contributed by atoms with Crippen LogP contribution in [0, 0.1) is 0 Å². The van der Waals surface area contributed by atoms with Gasteiger partial charge in [-0.2, -0.15) is 0 Å². The lowest BCUT2D eigenvalue weighted by atomic mass is 10.0. The summed E-state index contributed by atoms with van der Waals surface area (Å²) in [7, 11) is 0. The number of aromatic nitrogens is 4. The minimum atomic E-state index is -1.09. The van der Waals surface area contributed by atoms with E-state index in [4.69, 9.17) is 30.5 Å². The Hall–Kier alpha value is -7.37. The molecule has 0 atom stereocenters. The molecule has 0 bridgehead atoms. The van der Waals surface area contributed by atoms with Crippen LogP contribution in [0.5, 0.6) is 0 Å². The van der Waals surface area contributed by atoms with Crippen molar-refractivity contribution in [2.24, 2.45) is 0 Å². The van der Waals surface area contributed by atoms with Gasteiger partial charge in [0.1, 0.15) is 11.2 Å². The molecule has 0 aliphatic heterocycles. The molecule has 252 valence electrons. The van der Waals surface area contributed by atoms with E-state index in [2.05, 4.69) is 15.0 Å². The second-order valence-electron chi connectivity index (χ2n) is 11.3. The van der Waals surface area contributed by atoms with Gasteiger partial charge in [0, 0.05) is 44.3 Å². The van der Waals surface area contributed by atoms with Gasteiger partial charge in [0.25, 0.3) is 0 Å². The van der Waals surface area contributed by atoms with Crippen molar-refractivity contribution in [1.29, 1.82) is 0 Å². The van der Waals surface area contributed by atoms with Crippen LogP contribution < -0.4 is 0 Å². The molecule has 0 amide bonds. The minimum absolute atomic E-state index is 0.550. The van der Waals surface area contributed by atoms with Crippen molar-refractivity contribution >= 4 is 54.5 Å². The van der Waals surface area contributed by atoms with Crippen LogP contribution in [-0.4, -0.2) is 19.5 Å². The van der Waals surface area contributed by atoms with Crippen LogP contribution in [0.15, 0.2) is 186 Å². The van der Waals surface area contributed by atoms with Gasteiger partial charge in [-0.15, -0.1) is 0 Å². The number of para-hydroxylation sites is 2. The second-order valence-corrected chi connectivity index (χ2v) is 11.3. The highest BCUT2D eigenvalue weighted by molar-refractivity contribution is 6.15. The molecule has 11 rings (SSSR count). The summed E-state index contributed by atoms with van der Waals surface area (Å²) in [6.45, 7) is 0. The number of nitrogens with zero attached hydrogens (tertiary/aromatic N) is 4. The average molecular weight is 721 g/mol. The van der Waals surface area contributed by atoms with E-state index in [1.54, 1.807) is 0 Å². The van der Waals surface area contributed by atoms with Gasteiger partial charge >= 0.3 is 0 Å². The van der Waals surface area contributed by atoms with Gasteiger partial charge in [0.2, 0.25) is 0 Å². The molecule has 0 spiro atoms. The van der Waals surface area contributed by atoms with Crippen LogP contribution in [0.3, 0.4) is 0 Å². The Labute approximate surface area is 352 Å². The summed E-state index contributed by atoms with van der Waals surface area (Å²) in [5, 5.41) is -3.50. The summed E-state index contributed by atoms with van der Waals surface area (Å²) in [6, 6.07) is -27.8. The number of hydrogen-bond acceptors (Lipinski definition) is 4. The number of fused-ring (bicyclic) bond motifs is 7. The largest absolute Gasteiger partial charge is 0.456 e. The number of benzene rings is 8. The molecule has 5 heteroatoms. The van der Waals surface area contributed by atoms with Crippen LogP contribution in [-0.2, 0) is 0 Å². The van der Waals surface area contributed by atoms with Crippen LogP contribution in [0.4, 0.5) is 0 Å². The Bertz CT molecular complexity index is 4890. The van der Waals surface area contributed by atoms with Gasteiger partial charge in [-0.25, -0.2) is 15.0 Å². The van der Waals surface area contributed by atoms with Gasteiger partial charge in [-0.05, 0) is 52.1 Å². The van der Waals surface area contributed by atoms with Crippen molar-refractivity contribution in [3.63, 3.8) is 0 Å². The molecule has 0 aliphatic rings. The van der Waals surface area contributed by atoms with Gasteiger partial charge in [-0.1, -0.05) is 145 Å². The quantitative estimate of drug-likeness (QED) is 0.178. The lowest BCUT2D eigenvalue weighted by Crippen LogP contribution is -2.01. The van der Waals surface area contributed by atoms with E-state index in [1.807, 2.05) is 0 Å². The Morgan fingerprint density at radius 3 is 1.72 bits per heavy atom. The summed E-state index contributed by atoms with van der Waals surface area (Å²) in [6.07, 6.45) is 0. The zero-order valence-corrected chi connectivity index (χ0v) is 26.7. The van der Waals surface area contributed by atoms with E-state index in [9.17, 15) is 15.1 Å². The Balaban J connectivity index is 1.40. The SMILES string of the molecule is [2H]c1c([2H])c([2H])c(-c2nc(-c3c([2H])c([2H])c(-c4c([2H])c([2H])c([2H])c([2H])c4[2H])c([2H])c3[2H])nc(-c3c([2H])c(-n4c5c([2H])c([2H])c([2H])c([2H])c5c5c([2H])c6c([2H])c([2H])c([2H])c([2H])c6c([2H])c54)c([2H])c4oc5c([2H])c([2H])c([2H])c([2H])c5c34)n2)c([2H])c1[2H]. The fourth-order valence-electron chi connectivity index (χ4n) is 5.95. The maximum absolute atomic E-state index is 10.3. The predicted molar refractivity (Wildman–Crippen MR) is 221 cm³/mol. The van der Waals surface area contributed by atoms with E-state index in [1.165, 1.54) is 0 Å². The van der Waals surface area contributed by atoms with Crippen molar-refractivity contribution in [2.75, 3.05) is 0 Å². The van der Waals surface area contributed by atoms with Crippen LogP contribution >= 0.6 is 0 Å². The fourth-order valence-corrected chi connectivity index (χ4v) is 5.95. The molecule has 0 aliphatic carbocycles. The van der Waals surface area contributed by atoms with Gasteiger partial charge in [0.05, 0.1) is 57.8 Å². The summed E-state index contributed by atoms with van der Waals surface area (Å²) < 4.78 is 275. The van der Waals surface area contributed by atoms with Crippen molar-refractivity contribution in [3.8, 4) is 51.0 Å². The molecule has 0 saturated heterocycles. The highest BCUT2D eigenvalue weighted by atomic mass is 16.3. The molecule has 8 aromatic carbocycles. The van der Waals surface area contributed by atoms with Gasteiger partial charge in [0.15, 0.2) is 17.5 Å². The normalized spacial score (nSPS) is 19.5. The van der Waals surface area contributed by atoms with Crippen molar-refractivity contribution in [1.82, 2.24) is 19.5 Å². The first-order valence-electron chi connectivity index (χ1n) is 30.7. The average Bonchev–Trinajstić information content (AvgIpc) is 1.91. The Morgan fingerprint density at radius 1 is 0.407 bits per heavy atom. The molecule has 0 saturated carbocycles. The van der Waals surface area contributed by atoms with E-state index < -0.39 is 287 Å². The third-order valence-electron chi connectivity index (χ3n) is 8.25. The topological polar surface area (TPSA) is 56.7 Å². The van der Waals surface area contributed by atoms with Crippen molar-refractivity contribution in [3.05, 3.63) is 181 Å². The Kier molecular flexibility index (Phi) is 2.90. The first kappa shape index (κ1) is 12.9. The highest BCUT2D eigenvalue weighted by Crippen LogP contribution is 2.41. The third kappa shape index (κ3) is 4.90. The molecule has 3 aromatic heterocycles. The zero-order valence-electron chi connectivity index (χ0n) is 56.7. The molecule has 0 fully saturated rings. The smallest absolute Gasteiger partial charge is 0.164 e. The molecule has 11 aromatic rings. The number of hydrogen-bond donors (Lipinski definition) is 0. The molecule has 0 N–H and O–H groups in total. The lowest BCUT2D eigenvalue weighted by Gasteiger charge is -2.13. The summed E-state index contributed by atoms with van der Waals surface area (Å²) in [4.78, 5) is 13.3. The molecule has 0 unspecified atom stereocenters. The summed E-state index contributed by atoms with van der Waals surface area (Å²) >= 11 is 0. The maximum atomic E-state index is 10.3.